The van der Waals surface area contributed by atoms with Crippen LogP contribution < -0.4 is 20.5 Å². The van der Waals surface area contributed by atoms with Crippen molar-refractivity contribution in [1.82, 2.24) is 0 Å². The zero-order chi connectivity index (χ0) is 16.0. The maximum atomic E-state index is 5.92. The summed E-state index contributed by atoms with van der Waals surface area (Å²) in [5.41, 5.74) is 6.78. The molecule has 0 radical (unpaired) electrons. The van der Waals surface area contributed by atoms with Gasteiger partial charge in [0.25, 0.3) is 0 Å². The van der Waals surface area contributed by atoms with Crippen molar-refractivity contribution >= 4 is 23.4 Å². The van der Waals surface area contributed by atoms with Gasteiger partial charge in [-0.1, -0.05) is 20.8 Å². The Balaban J connectivity index is 1.88. The third-order valence-corrected chi connectivity index (χ3v) is 4.18. The van der Waals surface area contributed by atoms with E-state index in [0.29, 0.717) is 25.7 Å². The number of guanidine groups is 1. The van der Waals surface area contributed by atoms with E-state index in [-0.39, 0.29) is 4.75 Å². The molecule has 22 heavy (non-hydrogen) atoms. The Morgan fingerprint density at radius 2 is 2.00 bits per heavy atom. The van der Waals surface area contributed by atoms with Gasteiger partial charge in [0, 0.05) is 28.7 Å². The van der Waals surface area contributed by atoms with E-state index in [2.05, 4.69) is 31.1 Å². The minimum Gasteiger partial charge on any atom is -0.490 e. The lowest BCUT2D eigenvalue weighted by Gasteiger charge is -2.16. The number of fused-ring (bicyclic) bond motifs is 1. The Morgan fingerprint density at radius 1 is 1.27 bits per heavy atom. The van der Waals surface area contributed by atoms with E-state index >= 15 is 0 Å². The Kier molecular flexibility index (Phi) is 5.83. The predicted molar refractivity (Wildman–Crippen MR) is 94.4 cm³/mol. The van der Waals surface area contributed by atoms with Crippen LogP contribution in [0.5, 0.6) is 11.5 Å². The third kappa shape index (κ3) is 5.67. The average molecular weight is 323 g/mol. The van der Waals surface area contributed by atoms with Crippen LogP contribution >= 0.6 is 11.8 Å². The number of hydrogen-bond donors (Lipinski definition) is 2. The van der Waals surface area contributed by atoms with E-state index in [4.69, 9.17) is 15.2 Å². The van der Waals surface area contributed by atoms with Crippen molar-refractivity contribution in [3.8, 4) is 11.5 Å². The van der Waals surface area contributed by atoms with Crippen molar-refractivity contribution < 1.29 is 9.47 Å². The van der Waals surface area contributed by atoms with Crippen molar-refractivity contribution in [3.63, 3.8) is 0 Å². The second-order valence-corrected chi connectivity index (χ2v) is 7.99. The Labute approximate surface area is 136 Å². The number of ether oxygens (including phenoxy) is 2. The fourth-order valence-corrected chi connectivity index (χ4v) is 2.74. The molecule has 1 aromatic carbocycles. The summed E-state index contributed by atoms with van der Waals surface area (Å²) in [6.07, 6.45) is 0.895. The maximum absolute atomic E-state index is 5.92. The number of nitrogens with one attached hydrogen (secondary N) is 1. The summed E-state index contributed by atoms with van der Waals surface area (Å²) in [7, 11) is 0. The quantitative estimate of drug-likeness (QED) is 0.506. The molecular formula is C16H25N3O2S. The van der Waals surface area contributed by atoms with Crippen LogP contribution in [0.1, 0.15) is 27.2 Å². The molecule has 0 saturated heterocycles. The van der Waals surface area contributed by atoms with Crippen LogP contribution in [0.4, 0.5) is 5.69 Å². The summed E-state index contributed by atoms with van der Waals surface area (Å²) < 4.78 is 11.5. The van der Waals surface area contributed by atoms with E-state index in [1.807, 2.05) is 30.0 Å². The highest BCUT2D eigenvalue weighted by Gasteiger charge is 2.11. The normalized spacial score (nSPS) is 15.3. The molecule has 0 aromatic heterocycles. The molecule has 1 aliphatic rings. The molecule has 122 valence electrons. The van der Waals surface area contributed by atoms with Gasteiger partial charge in [0.05, 0.1) is 19.8 Å². The number of rotatable bonds is 4. The van der Waals surface area contributed by atoms with Gasteiger partial charge in [-0.3, -0.25) is 4.99 Å². The Bertz CT molecular complexity index is 527. The monoisotopic (exact) mass is 323 g/mol. The van der Waals surface area contributed by atoms with E-state index in [9.17, 15) is 0 Å². The molecule has 0 unspecified atom stereocenters. The van der Waals surface area contributed by atoms with Crippen LogP contribution in [0.2, 0.25) is 0 Å². The highest BCUT2D eigenvalue weighted by Crippen LogP contribution is 2.32. The molecule has 1 aromatic rings. The molecule has 0 amide bonds. The van der Waals surface area contributed by atoms with Crippen molar-refractivity contribution in [2.24, 2.45) is 10.7 Å². The first-order chi connectivity index (χ1) is 10.4. The lowest BCUT2D eigenvalue weighted by molar-refractivity contribution is 0.297. The topological polar surface area (TPSA) is 68.9 Å². The van der Waals surface area contributed by atoms with Crippen LogP contribution in [-0.2, 0) is 0 Å². The Hall–Kier alpha value is -1.56. The molecule has 0 aliphatic carbocycles. The first kappa shape index (κ1) is 16.8. The first-order valence-electron chi connectivity index (χ1n) is 7.54. The van der Waals surface area contributed by atoms with Crippen molar-refractivity contribution in [2.75, 3.05) is 30.8 Å². The van der Waals surface area contributed by atoms with Crippen LogP contribution in [0.25, 0.3) is 0 Å². The van der Waals surface area contributed by atoms with Crippen LogP contribution in [0.3, 0.4) is 0 Å². The van der Waals surface area contributed by atoms with E-state index < -0.39 is 0 Å². The molecule has 5 nitrogen and oxygen atoms in total. The minimum absolute atomic E-state index is 0.256. The Morgan fingerprint density at radius 3 is 2.73 bits per heavy atom. The van der Waals surface area contributed by atoms with Gasteiger partial charge >= 0.3 is 0 Å². The zero-order valence-electron chi connectivity index (χ0n) is 13.5. The highest BCUT2D eigenvalue weighted by molar-refractivity contribution is 8.00. The molecule has 0 fully saturated rings. The third-order valence-electron chi connectivity index (χ3n) is 2.93. The molecule has 6 heteroatoms. The second-order valence-electron chi connectivity index (χ2n) is 6.06. The molecule has 3 N–H and O–H groups in total. The van der Waals surface area contributed by atoms with Gasteiger partial charge in [0.15, 0.2) is 17.5 Å². The van der Waals surface area contributed by atoms with Crippen molar-refractivity contribution in [1.29, 1.82) is 0 Å². The van der Waals surface area contributed by atoms with E-state index in [1.54, 1.807) is 0 Å². The zero-order valence-corrected chi connectivity index (χ0v) is 14.3. The molecular weight excluding hydrogens is 298 g/mol. The SMILES string of the molecule is CC(C)(C)SCCN=C(N)Nc1ccc2c(c1)OCCCO2. The number of anilines is 1. The van der Waals surface area contributed by atoms with E-state index in [0.717, 1.165) is 29.4 Å². The molecule has 0 atom stereocenters. The second kappa shape index (κ2) is 7.63. The van der Waals surface area contributed by atoms with Crippen LogP contribution in [-0.4, -0.2) is 36.2 Å². The molecule has 1 heterocycles. The van der Waals surface area contributed by atoms with Crippen LogP contribution in [0.15, 0.2) is 23.2 Å². The van der Waals surface area contributed by atoms with Gasteiger partial charge in [-0.25, -0.2) is 0 Å². The predicted octanol–water partition coefficient (Wildman–Crippen LogP) is 3.11. The highest BCUT2D eigenvalue weighted by atomic mass is 32.2. The van der Waals surface area contributed by atoms with Gasteiger partial charge in [0.2, 0.25) is 0 Å². The molecule has 0 bridgehead atoms. The van der Waals surface area contributed by atoms with Gasteiger partial charge in [-0.2, -0.15) is 11.8 Å². The summed E-state index contributed by atoms with van der Waals surface area (Å²) in [4.78, 5) is 4.34. The molecule has 2 rings (SSSR count). The molecule has 0 spiro atoms. The lowest BCUT2D eigenvalue weighted by atomic mass is 10.3. The average Bonchev–Trinajstić information content (AvgIpc) is 2.67. The standard InChI is InChI=1S/C16H25N3O2S/c1-16(2,3)22-10-7-18-15(17)19-12-5-6-13-14(11-12)21-9-4-8-20-13/h5-6,11H,4,7-10H2,1-3H3,(H3,17,18,19). The fourth-order valence-electron chi connectivity index (χ4n) is 1.95. The summed E-state index contributed by atoms with van der Waals surface area (Å²) in [6.45, 7) is 8.65. The van der Waals surface area contributed by atoms with Crippen LogP contribution in [0, 0.1) is 0 Å². The summed E-state index contributed by atoms with van der Waals surface area (Å²) in [6, 6.07) is 5.71. The maximum Gasteiger partial charge on any atom is 0.193 e. The smallest absolute Gasteiger partial charge is 0.193 e. The summed E-state index contributed by atoms with van der Waals surface area (Å²) in [5.74, 6) is 2.90. The van der Waals surface area contributed by atoms with Gasteiger partial charge in [-0.05, 0) is 12.1 Å². The van der Waals surface area contributed by atoms with Crippen molar-refractivity contribution in [2.45, 2.75) is 31.9 Å². The number of benzene rings is 1. The lowest BCUT2D eigenvalue weighted by Crippen LogP contribution is -2.23. The number of nitrogens with two attached hydrogens (primary N) is 1. The van der Waals surface area contributed by atoms with E-state index in [1.165, 1.54) is 0 Å². The largest absolute Gasteiger partial charge is 0.490 e. The number of hydrogen-bond acceptors (Lipinski definition) is 4. The number of aliphatic imine (C=N–C) groups is 1. The first-order valence-corrected chi connectivity index (χ1v) is 8.53. The fraction of sp³-hybridized carbons (Fsp3) is 0.562. The van der Waals surface area contributed by atoms with Gasteiger partial charge < -0.3 is 20.5 Å². The summed E-state index contributed by atoms with van der Waals surface area (Å²) in [5, 5.41) is 3.09. The molecule has 0 saturated carbocycles. The number of nitrogens with zero attached hydrogens (tertiary/aromatic N) is 1. The van der Waals surface area contributed by atoms with Crippen molar-refractivity contribution in [3.05, 3.63) is 18.2 Å². The van der Waals surface area contributed by atoms with Gasteiger partial charge in [-0.15, -0.1) is 0 Å². The van der Waals surface area contributed by atoms with Gasteiger partial charge in [0.1, 0.15) is 0 Å². The summed E-state index contributed by atoms with van der Waals surface area (Å²) >= 11 is 1.88. The number of thioether (sulfide) groups is 1. The molecule has 1 aliphatic heterocycles. The minimum atomic E-state index is 0.256.